The molecule has 1 aromatic rings. The van der Waals surface area contributed by atoms with Crippen LogP contribution in [0.1, 0.15) is 39.0 Å². The summed E-state index contributed by atoms with van der Waals surface area (Å²) in [6.07, 6.45) is 6.88. The van der Waals surface area contributed by atoms with Gasteiger partial charge in [-0.1, -0.05) is 13.3 Å². The molecule has 1 aliphatic rings. The third-order valence-corrected chi connectivity index (χ3v) is 4.23. The highest BCUT2D eigenvalue weighted by atomic mass is 32.2. The maximum absolute atomic E-state index is 11.3. The average molecular weight is 275 g/mol. The molecular formula is C16H21NOS. The molecule has 102 valence electrons. The van der Waals surface area contributed by atoms with Crippen molar-refractivity contribution in [1.82, 2.24) is 0 Å². The van der Waals surface area contributed by atoms with Crippen LogP contribution in [0.2, 0.25) is 0 Å². The van der Waals surface area contributed by atoms with Gasteiger partial charge in [-0.3, -0.25) is 4.79 Å². The van der Waals surface area contributed by atoms with Gasteiger partial charge in [-0.25, -0.2) is 0 Å². The first-order valence-electron chi connectivity index (χ1n) is 7.01. The van der Waals surface area contributed by atoms with E-state index in [0.29, 0.717) is 6.42 Å². The van der Waals surface area contributed by atoms with Crippen molar-refractivity contribution in [2.45, 2.75) is 43.9 Å². The zero-order valence-electron chi connectivity index (χ0n) is 11.4. The van der Waals surface area contributed by atoms with Crippen LogP contribution in [0.15, 0.2) is 40.9 Å². The summed E-state index contributed by atoms with van der Waals surface area (Å²) in [5, 5.41) is 3.34. The van der Waals surface area contributed by atoms with Gasteiger partial charge in [-0.2, -0.15) is 0 Å². The van der Waals surface area contributed by atoms with Crippen molar-refractivity contribution in [1.29, 1.82) is 0 Å². The first kappa shape index (κ1) is 14.2. The molecule has 0 bridgehead atoms. The van der Waals surface area contributed by atoms with Crippen LogP contribution in [-0.2, 0) is 4.79 Å². The number of allylic oxidation sites excluding steroid dienone is 2. The highest BCUT2D eigenvalue weighted by molar-refractivity contribution is 7.99. The van der Waals surface area contributed by atoms with Gasteiger partial charge in [0.25, 0.3) is 0 Å². The summed E-state index contributed by atoms with van der Waals surface area (Å²) in [6.45, 7) is 2.22. The Kier molecular flexibility index (Phi) is 5.52. The zero-order valence-corrected chi connectivity index (χ0v) is 12.3. The van der Waals surface area contributed by atoms with Crippen LogP contribution < -0.4 is 5.32 Å². The molecule has 0 aliphatic heterocycles. The second kappa shape index (κ2) is 7.39. The first-order valence-corrected chi connectivity index (χ1v) is 8.00. The lowest BCUT2D eigenvalue weighted by atomic mass is 10.0. The minimum Gasteiger partial charge on any atom is -0.359 e. The predicted molar refractivity (Wildman–Crippen MR) is 82.6 cm³/mol. The summed E-state index contributed by atoms with van der Waals surface area (Å²) in [7, 11) is 0. The number of rotatable bonds is 6. The Morgan fingerprint density at radius 2 is 2.00 bits per heavy atom. The van der Waals surface area contributed by atoms with Gasteiger partial charge < -0.3 is 5.32 Å². The zero-order chi connectivity index (χ0) is 13.5. The molecule has 2 rings (SSSR count). The molecule has 0 heterocycles. The Bertz CT molecular complexity index is 450. The van der Waals surface area contributed by atoms with Crippen molar-refractivity contribution in [2.24, 2.45) is 0 Å². The highest BCUT2D eigenvalue weighted by Gasteiger charge is 2.09. The molecule has 0 amide bonds. The first-order chi connectivity index (χ1) is 9.28. The van der Waals surface area contributed by atoms with Crippen LogP contribution >= 0.6 is 11.8 Å². The van der Waals surface area contributed by atoms with Gasteiger partial charge in [0.1, 0.15) is 0 Å². The fraction of sp³-hybridized carbons (Fsp3) is 0.438. The average Bonchev–Trinajstić information content (AvgIpc) is 2.41. The van der Waals surface area contributed by atoms with Crippen LogP contribution in [0, 0.1) is 0 Å². The molecule has 1 aliphatic carbocycles. The second-order valence-corrected chi connectivity index (χ2v) is 6.01. The number of carbonyl (C=O) groups excluding carboxylic acids is 1. The van der Waals surface area contributed by atoms with Crippen molar-refractivity contribution < 1.29 is 4.79 Å². The van der Waals surface area contributed by atoms with E-state index in [9.17, 15) is 4.79 Å². The maximum Gasteiger partial charge on any atom is 0.157 e. The monoisotopic (exact) mass is 275 g/mol. The summed E-state index contributed by atoms with van der Waals surface area (Å²) >= 11 is 1.90. The molecule has 0 unspecified atom stereocenters. The number of thioether (sulfide) groups is 1. The van der Waals surface area contributed by atoms with Crippen LogP contribution in [0.25, 0.3) is 0 Å². The third kappa shape index (κ3) is 4.75. The normalized spacial score (nSPS) is 15.2. The van der Waals surface area contributed by atoms with Crippen LogP contribution in [0.5, 0.6) is 0 Å². The van der Waals surface area contributed by atoms with E-state index in [1.54, 1.807) is 6.08 Å². The van der Waals surface area contributed by atoms with Gasteiger partial charge in [-0.05, 0) is 49.3 Å². The molecule has 0 saturated carbocycles. The molecule has 0 saturated heterocycles. The van der Waals surface area contributed by atoms with Crippen molar-refractivity contribution in [3.63, 3.8) is 0 Å². The Morgan fingerprint density at radius 3 is 2.68 bits per heavy atom. The third-order valence-electron chi connectivity index (χ3n) is 3.13. The predicted octanol–water partition coefficient (Wildman–Crippen LogP) is 4.63. The Labute approximate surface area is 119 Å². The minimum atomic E-state index is 0.237. The number of hydrogen-bond acceptors (Lipinski definition) is 3. The molecule has 0 atom stereocenters. The lowest BCUT2D eigenvalue weighted by Crippen LogP contribution is -2.08. The van der Waals surface area contributed by atoms with E-state index >= 15 is 0 Å². The van der Waals surface area contributed by atoms with Gasteiger partial charge in [-0.15, -0.1) is 11.8 Å². The molecule has 1 N–H and O–H groups in total. The molecule has 1 aromatic carbocycles. The summed E-state index contributed by atoms with van der Waals surface area (Å²) in [6, 6.07) is 8.48. The fourth-order valence-electron chi connectivity index (χ4n) is 2.04. The topological polar surface area (TPSA) is 29.1 Å². The number of benzene rings is 1. The van der Waals surface area contributed by atoms with E-state index in [2.05, 4.69) is 36.5 Å². The molecule has 3 heteroatoms. The van der Waals surface area contributed by atoms with Crippen molar-refractivity contribution in [2.75, 3.05) is 11.1 Å². The molecule has 0 radical (unpaired) electrons. The summed E-state index contributed by atoms with van der Waals surface area (Å²) in [5.74, 6) is 1.42. The largest absolute Gasteiger partial charge is 0.359 e. The smallest absolute Gasteiger partial charge is 0.157 e. The number of hydrogen-bond donors (Lipinski definition) is 1. The van der Waals surface area contributed by atoms with E-state index in [4.69, 9.17) is 0 Å². The van der Waals surface area contributed by atoms with Crippen molar-refractivity contribution in [3.8, 4) is 0 Å². The van der Waals surface area contributed by atoms with Crippen LogP contribution in [0.3, 0.4) is 0 Å². The Morgan fingerprint density at radius 1 is 1.21 bits per heavy atom. The number of unbranched alkanes of at least 4 members (excludes halogenated alkanes) is 1. The Hall–Kier alpha value is -1.22. The van der Waals surface area contributed by atoms with E-state index in [1.807, 2.05) is 11.8 Å². The van der Waals surface area contributed by atoms with Crippen LogP contribution in [0.4, 0.5) is 5.69 Å². The lowest BCUT2D eigenvalue weighted by Gasteiger charge is -2.14. The van der Waals surface area contributed by atoms with Crippen molar-refractivity contribution >= 4 is 23.2 Å². The molecule has 0 fully saturated rings. The van der Waals surface area contributed by atoms with E-state index < -0.39 is 0 Å². The quantitative estimate of drug-likeness (QED) is 0.606. The van der Waals surface area contributed by atoms with Gasteiger partial charge in [0, 0.05) is 28.8 Å². The second-order valence-electron chi connectivity index (χ2n) is 4.84. The number of carbonyl (C=O) groups is 1. The fourth-order valence-corrected chi connectivity index (χ4v) is 3.04. The number of ketones is 1. The minimum absolute atomic E-state index is 0.237. The van der Waals surface area contributed by atoms with Gasteiger partial charge in [0.15, 0.2) is 5.78 Å². The van der Waals surface area contributed by atoms with Gasteiger partial charge in [0.2, 0.25) is 0 Å². The highest BCUT2D eigenvalue weighted by Crippen LogP contribution is 2.23. The van der Waals surface area contributed by atoms with E-state index in [1.165, 1.54) is 23.5 Å². The maximum atomic E-state index is 11.3. The lowest BCUT2D eigenvalue weighted by molar-refractivity contribution is -0.115. The summed E-state index contributed by atoms with van der Waals surface area (Å²) in [4.78, 5) is 12.7. The van der Waals surface area contributed by atoms with E-state index in [-0.39, 0.29) is 5.78 Å². The molecule has 0 aromatic heterocycles. The SMILES string of the molecule is CCCCSc1ccc(NC2=CC(=O)CCC2)cc1. The van der Waals surface area contributed by atoms with Crippen LogP contribution in [-0.4, -0.2) is 11.5 Å². The summed E-state index contributed by atoms with van der Waals surface area (Å²) in [5.41, 5.74) is 2.11. The molecule has 0 spiro atoms. The van der Waals surface area contributed by atoms with Gasteiger partial charge >= 0.3 is 0 Å². The summed E-state index contributed by atoms with van der Waals surface area (Å²) < 4.78 is 0. The molecular weight excluding hydrogens is 254 g/mol. The number of nitrogens with one attached hydrogen (secondary N) is 1. The number of anilines is 1. The van der Waals surface area contributed by atoms with Gasteiger partial charge in [0.05, 0.1) is 0 Å². The van der Waals surface area contributed by atoms with Crippen molar-refractivity contribution in [3.05, 3.63) is 36.0 Å². The standard InChI is InChI=1S/C16H21NOS/c1-2-3-11-19-16-9-7-13(8-10-16)17-14-5-4-6-15(18)12-14/h7-10,12,17H,2-6,11H2,1H3. The van der Waals surface area contributed by atoms with E-state index in [0.717, 1.165) is 24.2 Å². The molecule has 19 heavy (non-hydrogen) atoms. The molecule has 2 nitrogen and oxygen atoms in total. The Balaban J connectivity index is 1.89.